The zero-order valence-corrected chi connectivity index (χ0v) is 10.0. The third-order valence-corrected chi connectivity index (χ3v) is 3.30. The van der Waals surface area contributed by atoms with Gasteiger partial charge in [-0.1, -0.05) is 18.2 Å². The van der Waals surface area contributed by atoms with Crippen molar-refractivity contribution in [1.82, 2.24) is 0 Å². The van der Waals surface area contributed by atoms with E-state index in [1.165, 1.54) is 6.92 Å². The summed E-state index contributed by atoms with van der Waals surface area (Å²) in [5.74, 6) is -1.08. The second-order valence-corrected chi connectivity index (χ2v) is 4.66. The van der Waals surface area contributed by atoms with Crippen LogP contribution in [-0.4, -0.2) is 16.3 Å². The maximum Gasteiger partial charge on any atom is 0.328 e. The molecule has 0 aliphatic heterocycles. The highest BCUT2D eigenvalue weighted by Crippen LogP contribution is 2.21. The van der Waals surface area contributed by atoms with Crippen molar-refractivity contribution in [3.05, 3.63) is 29.3 Å². The molecule has 0 spiro atoms. The maximum absolute atomic E-state index is 11.0. The monoisotopic (exact) mass is 243 g/mol. The van der Waals surface area contributed by atoms with Gasteiger partial charge in [-0.25, -0.2) is 14.7 Å². The van der Waals surface area contributed by atoms with Crippen molar-refractivity contribution in [2.75, 3.05) is 0 Å². The summed E-state index contributed by atoms with van der Waals surface area (Å²) in [5, 5.41) is 18.1. The summed E-state index contributed by atoms with van der Waals surface area (Å²) in [7, 11) is -0.172. The van der Waals surface area contributed by atoms with E-state index in [0.29, 0.717) is 5.56 Å². The molecule has 16 heavy (non-hydrogen) atoms. The third kappa shape index (κ3) is 2.57. The maximum atomic E-state index is 11.0. The predicted octanol–water partition coefficient (Wildman–Crippen LogP) is 0.962. The Kier molecular flexibility index (Phi) is 3.99. The standard InChI is InChI=1S/C10H14NO4P/c1-6-5-7(10(2,11)9(12)13)3-4-8(6)16-15-14/h3-5,14,16H,11H2,1-2H3,(H,12,13). The molecule has 0 saturated heterocycles. The molecule has 1 rings (SSSR count). The Labute approximate surface area is 95.0 Å². The van der Waals surface area contributed by atoms with Crippen LogP contribution in [0.25, 0.3) is 0 Å². The van der Waals surface area contributed by atoms with Crippen LogP contribution in [0.1, 0.15) is 18.1 Å². The molecule has 0 fully saturated rings. The average molecular weight is 243 g/mol. The van der Waals surface area contributed by atoms with Crippen LogP contribution in [0.5, 0.6) is 0 Å². The van der Waals surface area contributed by atoms with Gasteiger partial charge in [0.2, 0.25) is 0 Å². The predicted molar refractivity (Wildman–Crippen MR) is 62.0 cm³/mol. The molecule has 2 unspecified atom stereocenters. The number of aryl methyl sites for hydroxylation is 1. The minimum atomic E-state index is -1.41. The molecule has 2 atom stereocenters. The fraction of sp³-hybridized carbons (Fsp3) is 0.300. The van der Waals surface area contributed by atoms with Gasteiger partial charge < -0.3 is 10.8 Å². The lowest BCUT2D eigenvalue weighted by Gasteiger charge is -2.20. The third-order valence-electron chi connectivity index (χ3n) is 2.43. The number of carboxylic acids is 1. The van der Waals surface area contributed by atoms with Gasteiger partial charge in [0, 0.05) is 5.30 Å². The van der Waals surface area contributed by atoms with E-state index in [2.05, 4.69) is 4.67 Å². The lowest BCUT2D eigenvalue weighted by Crippen LogP contribution is -2.41. The molecule has 0 heterocycles. The zero-order valence-electron chi connectivity index (χ0n) is 9.02. The number of carbonyl (C=O) groups is 1. The van der Waals surface area contributed by atoms with Crippen molar-refractivity contribution >= 4 is 20.1 Å². The highest BCUT2D eigenvalue weighted by atomic mass is 31.1. The molecular weight excluding hydrogens is 229 g/mol. The minimum absolute atomic E-state index is 0.172. The van der Waals surface area contributed by atoms with Crippen molar-refractivity contribution in [1.29, 1.82) is 0 Å². The van der Waals surface area contributed by atoms with Crippen LogP contribution < -0.4 is 11.0 Å². The number of nitrogens with two attached hydrogens (primary N) is 1. The molecule has 0 aromatic heterocycles. The Morgan fingerprint density at radius 1 is 1.56 bits per heavy atom. The Morgan fingerprint density at radius 2 is 2.19 bits per heavy atom. The SMILES string of the molecule is Cc1cc(C(C)(N)C(=O)O)ccc1POO. The van der Waals surface area contributed by atoms with Crippen molar-refractivity contribution in [3.8, 4) is 0 Å². The lowest BCUT2D eigenvalue weighted by molar-refractivity contribution is -0.143. The number of rotatable bonds is 4. The topological polar surface area (TPSA) is 92.8 Å². The summed E-state index contributed by atoms with van der Waals surface area (Å²) in [5.41, 5.74) is 5.64. The van der Waals surface area contributed by atoms with Crippen LogP contribution in [0.4, 0.5) is 0 Å². The quantitative estimate of drug-likeness (QED) is 0.416. The van der Waals surface area contributed by atoms with Crippen LogP contribution in [0, 0.1) is 6.92 Å². The first kappa shape index (κ1) is 13.1. The molecule has 0 radical (unpaired) electrons. The van der Waals surface area contributed by atoms with Crippen molar-refractivity contribution < 1.29 is 19.8 Å². The summed E-state index contributed by atoms with van der Waals surface area (Å²) in [6, 6.07) is 5.02. The second kappa shape index (κ2) is 4.89. The molecule has 0 bridgehead atoms. The lowest BCUT2D eigenvalue weighted by atomic mass is 9.92. The van der Waals surface area contributed by atoms with E-state index in [-0.39, 0.29) is 8.81 Å². The Morgan fingerprint density at radius 3 is 2.62 bits per heavy atom. The second-order valence-electron chi connectivity index (χ2n) is 3.73. The van der Waals surface area contributed by atoms with Crippen LogP contribution in [0.15, 0.2) is 18.2 Å². The van der Waals surface area contributed by atoms with E-state index in [9.17, 15) is 4.79 Å². The van der Waals surface area contributed by atoms with Gasteiger partial charge in [-0.3, -0.25) is 0 Å². The van der Waals surface area contributed by atoms with E-state index >= 15 is 0 Å². The Balaban J connectivity index is 3.10. The first-order valence-electron chi connectivity index (χ1n) is 4.59. The number of benzene rings is 1. The minimum Gasteiger partial charge on any atom is -0.480 e. The smallest absolute Gasteiger partial charge is 0.328 e. The van der Waals surface area contributed by atoms with Crippen LogP contribution in [0.3, 0.4) is 0 Å². The normalized spacial score (nSPS) is 15.2. The van der Waals surface area contributed by atoms with Crippen molar-refractivity contribution in [2.45, 2.75) is 19.4 Å². The summed E-state index contributed by atoms with van der Waals surface area (Å²) in [4.78, 5) is 11.0. The summed E-state index contributed by atoms with van der Waals surface area (Å²) in [6.45, 7) is 3.25. The molecule has 6 heteroatoms. The first-order chi connectivity index (χ1) is 7.39. The number of hydrogen-bond acceptors (Lipinski definition) is 4. The van der Waals surface area contributed by atoms with Crippen LogP contribution in [0.2, 0.25) is 0 Å². The van der Waals surface area contributed by atoms with Gasteiger partial charge in [-0.2, -0.15) is 0 Å². The van der Waals surface area contributed by atoms with Gasteiger partial charge in [-0.05, 0) is 25.0 Å². The van der Waals surface area contributed by atoms with Gasteiger partial charge in [0.05, 0.1) is 8.81 Å². The van der Waals surface area contributed by atoms with Gasteiger partial charge in [0.1, 0.15) is 5.54 Å². The molecule has 4 N–H and O–H groups in total. The Hall–Kier alpha value is -1.000. The largest absolute Gasteiger partial charge is 0.480 e. The summed E-state index contributed by atoms with van der Waals surface area (Å²) in [6.07, 6.45) is 0. The summed E-state index contributed by atoms with van der Waals surface area (Å²) >= 11 is 0. The fourth-order valence-corrected chi connectivity index (χ4v) is 1.76. The van der Waals surface area contributed by atoms with Crippen molar-refractivity contribution in [3.63, 3.8) is 0 Å². The van der Waals surface area contributed by atoms with E-state index in [0.717, 1.165) is 10.9 Å². The van der Waals surface area contributed by atoms with E-state index < -0.39 is 11.5 Å². The zero-order chi connectivity index (χ0) is 12.3. The molecule has 5 nitrogen and oxygen atoms in total. The van der Waals surface area contributed by atoms with Gasteiger partial charge in [0.15, 0.2) is 0 Å². The van der Waals surface area contributed by atoms with E-state index in [4.69, 9.17) is 16.1 Å². The molecule has 0 aliphatic carbocycles. The molecular formula is C10H14NO4P. The molecule has 88 valence electrons. The number of carboxylic acid groups (broad SMARTS) is 1. The molecule has 0 amide bonds. The summed E-state index contributed by atoms with van der Waals surface area (Å²) < 4.78 is 4.06. The van der Waals surface area contributed by atoms with Crippen LogP contribution in [-0.2, 0) is 15.0 Å². The van der Waals surface area contributed by atoms with E-state index in [1.54, 1.807) is 18.2 Å². The Bertz CT molecular complexity index is 406. The van der Waals surface area contributed by atoms with Crippen LogP contribution >= 0.6 is 8.81 Å². The molecule has 0 saturated carbocycles. The average Bonchev–Trinajstić information content (AvgIpc) is 2.21. The first-order valence-corrected chi connectivity index (χ1v) is 5.50. The van der Waals surface area contributed by atoms with Crippen molar-refractivity contribution in [2.24, 2.45) is 5.73 Å². The molecule has 1 aromatic rings. The van der Waals surface area contributed by atoms with Gasteiger partial charge in [0.25, 0.3) is 0 Å². The van der Waals surface area contributed by atoms with Gasteiger partial charge in [-0.15, -0.1) is 0 Å². The highest BCUT2D eigenvalue weighted by Gasteiger charge is 2.30. The number of aliphatic carboxylic acids is 1. The molecule has 1 aromatic carbocycles. The number of hydrogen-bond donors (Lipinski definition) is 3. The molecule has 0 aliphatic rings. The fourth-order valence-electron chi connectivity index (χ4n) is 1.27. The van der Waals surface area contributed by atoms with E-state index in [1.807, 2.05) is 6.92 Å². The highest BCUT2D eigenvalue weighted by molar-refractivity contribution is 7.41. The van der Waals surface area contributed by atoms with Gasteiger partial charge >= 0.3 is 5.97 Å².